The second-order valence-corrected chi connectivity index (χ2v) is 7.70. The van der Waals surface area contributed by atoms with Crippen LogP contribution in [0.15, 0.2) is 36.4 Å². The topological polar surface area (TPSA) is 55.4 Å². The largest absolute Gasteiger partial charge is 0.336 e. The molecule has 1 atom stereocenters. The summed E-state index contributed by atoms with van der Waals surface area (Å²) < 4.78 is 31.0. The lowest BCUT2D eigenvalue weighted by Crippen LogP contribution is -2.41. The van der Waals surface area contributed by atoms with Gasteiger partial charge >= 0.3 is 10.3 Å². The highest BCUT2D eigenvalue weighted by Gasteiger charge is 2.20. The molecule has 0 saturated heterocycles. The van der Waals surface area contributed by atoms with Gasteiger partial charge in [0, 0.05) is 5.54 Å². The second kappa shape index (κ2) is 8.46. The molecule has 0 amide bonds. The molecule has 0 bridgehead atoms. The average molecular weight is 325 g/mol. The zero-order valence-corrected chi connectivity index (χ0v) is 14.7. The standard InChI is InChI=1S/C17H27NO3S/c1-5-15(11-12-16-9-7-6-8-10-16)13-14-21-22(19,20)18-17(2,3)4/h6-12,15,18H,5,13-14H2,1-4H3/b12-11+. The van der Waals surface area contributed by atoms with Crippen LogP contribution in [0.3, 0.4) is 0 Å². The summed E-state index contributed by atoms with van der Waals surface area (Å²) in [5, 5.41) is 0. The summed E-state index contributed by atoms with van der Waals surface area (Å²) in [6, 6.07) is 10.0. The Morgan fingerprint density at radius 3 is 2.41 bits per heavy atom. The third-order valence-electron chi connectivity index (χ3n) is 3.04. The van der Waals surface area contributed by atoms with E-state index in [-0.39, 0.29) is 6.61 Å². The minimum atomic E-state index is -3.68. The van der Waals surface area contributed by atoms with Crippen LogP contribution in [0.2, 0.25) is 0 Å². The summed E-state index contributed by atoms with van der Waals surface area (Å²) in [6.45, 7) is 7.62. The van der Waals surface area contributed by atoms with Gasteiger partial charge in [-0.3, -0.25) is 4.18 Å². The fourth-order valence-electron chi connectivity index (χ4n) is 1.96. The Morgan fingerprint density at radius 2 is 1.86 bits per heavy atom. The third-order valence-corrected chi connectivity index (χ3v) is 4.38. The van der Waals surface area contributed by atoms with E-state index >= 15 is 0 Å². The average Bonchev–Trinajstić information content (AvgIpc) is 2.41. The van der Waals surface area contributed by atoms with Crippen molar-refractivity contribution in [3.05, 3.63) is 42.0 Å². The molecule has 1 unspecified atom stereocenters. The van der Waals surface area contributed by atoms with Gasteiger partial charge < -0.3 is 0 Å². The maximum absolute atomic E-state index is 11.7. The number of benzene rings is 1. The number of hydrogen-bond donors (Lipinski definition) is 1. The Labute approximate surface area is 134 Å². The van der Waals surface area contributed by atoms with Crippen LogP contribution in [0.4, 0.5) is 0 Å². The minimum absolute atomic E-state index is 0.184. The van der Waals surface area contributed by atoms with Gasteiger partial charge in [-0.2, -0.15) is 13.1 Å². The molecule has 1 rings (SSSR count). The van der Waals surface area contributed by atoms with Gasteiger partial charge in [-0.15, -0.1) is 0 Å². The number of nitrogens with one attached hydrogen (secondary N) is 1. The van der Waals surface area contributed by atoms with Gasteiger partial charge in [0.15, 0.2) is 0 Å². The normalized spacial score (nSPS) is 14.4. The molecule has 4 nitrogen and oxygen atoms in total. The number of rotatable bonds is 8. The lowest BCUT2D eigenvalue weighted by atomic mass is 10.0. The van der Waals surface area contributed by atoms with Crippen LogP contribution < -0.4 is 4.72 Å². The molecule has 1 N–H and O–H groups in total. The fraction of sp³-hybridized carbons (Fsp3) is 0.529. The van der Waals surface area contributed by atoms with E-state index in [2.05, 4.69) is 23.8 Å². The zero-order valence-electron chi connectivity index (χ0n) is 13.9. The molecule has 0 radical (unpaired) electrons. The Kier molecular flexibility index (Phi) is 7.26. The van der Waals surface area contributed by atoms with Crippen LogP contribution in [0.25, 0.3) is 6.08 Å². The summed E-state index contributed by atoms with van der Waals surface area (Å²) in [5.74, 6) is 0.296. The second-order valence-electron chi connectivity index (χ2n) is 6.35. The van der Waals surface area contributed by atoms with E-state index in [1.807, 2.05) is 30.3 Å². The van der Waals surface area contributed by atoms with Gasteiger partial charge in [0.25, 0.3) is 0 Å². The van der Waals surface area contributed by atoms with Crippen LogP contribution in [-0.4, -0.2) is 20.6 Å². The first-order valence-electron chi connectivity index (χ1n) is 7.63. The summed E-state index contributed by atoms with van der Waals surface area (Å²) >= 11 is 0. The van der Waals surface area contributed by atoms with Crippen molar-refractivity contribution in [3.8, 4) is 0 Å². The molecule has 0 saturated carbocycles. The maximum atomic E-state index is 11.7. The van der Waals surface area contributed by atoms with E-state index in [4.69, 9.17) is 4.18 Å². The van der Waals surface area contributed by atoms with Crippen LogP contribution in [0, 0.1) is 5.92 Å². The molecule has 0 fully saturated rings. The van der Waals surface area contributed by atoms with Gasteiger partial charge in [0.05, 0.1) is 6.61 Å². The molecule has 124 valence electrons. The van der Waals surface area contributed by atoms with E-state index in [9.17, 15) is 8.42 Å². The smallest absolute Gasteiger partial charge is 0.258 e. The highest BCUT2D eigenvalue weighted by Crippen LogP contribution is 2.14. The molecule has 22 heavy (non-hydrogen) atoms. The number of hydrogen-bond acceptors (Lipinski definition) is 3. The van der Waals surface area contributed by atoms with Crippen molar-refractivity contribution in [2.75, 3.05) is 6.61 Å². The molecule has 0 aliphatic carbocycles. The predicted molar refractivity (Wildman–Crippen MR) is 91.6 cm³/mol. The molecule has 0 aliphatic rings. The molecule has 0 heterocycles. The molecule has 0 spiro atoms. The molecular weight excluding hydrogens is 298 g/mol. The van der Waals surface area contributed by atoms with Gasteiger partial charge in [-0.1, -0.05) is 49.4 Å². The maximum Gasteiger partial charge on any atom is 0.336 e. The quantitative estimate of drug-likeness (QED) is 0.791. The zero-order chi connectivity index (χ0) is 16.6. The van der Waals surface area contributed by atoms with Crippen LogP contribution in [0.1, 0.15) is 46.1 Å². The molecule has 0 aromatic heterocycles. The van der Waals surface area contributed by atoms with Crippen LogP contribution >= 0.6 is 0 Å². The molecule has 0 aliphatic heterocycles. The third kappa shape index (κ3) is 8.32. The van der Waals surface area contributed by atoms with Crippen LogP contribution in [-0.2, 0) is 14.5 Å². The van der Waals surface area contributed by atoms with E-state index in [1.54, 1.807) is 20.8 Å². The highest BCUT2D eigenvalue weighted by atomic mass is 32.2. The number of allylic oxidation sites excluding steroid dienone is 1. The predicted octanol–water partition coefficient (Wildman–Crippen LogP) is 3.77. The van der Waals surface area contributed by atoms with Crippen molar-refractivity contribution in [3.63, 3.8) is 0 Å². The Morgan fingerprint density at radius 1 is 1.23 bits per heavy atom. The molecule has 1 aromatic rings. The summed E-state index contributed by atoms with van der Waals surface area (Å²) in [4.78, 5) is 0. The summed E-state index contributed by atoms with van der Waals surface area (Å²) in [6.07, 6.45) is 5.79. The Balaban J connectivity index is 2.46. The Hall–Kier alpha value is -1.17. The lowest BCUT2D eigenvalue weighted by Gasteiger charge is -2.20. The fourth-order valence-corrected chi connectivity index (χ4v) is 3.09. The minimum Gasteiger partial charge on any atom is -0.258 e. The van der Waals surface area contributed by atoms with Crippen LogP contribution in [0.5, 0.6) is 0 Å². The first-order chi connectivity index (χ1) is 10.2. The van der Waals surface area contributed by atoms with Crippen molar-refractivity contribution in [1.82, 2.24) is 4.72 Å². The highest BCUT2D eigenvalue weighted by molar-refractivity contribution is 7.84. The SMILES string of the molecule is CCC(/C=C/c1ccccc1)CCOS(=O)(=O)NC(C)(C)C. The monoisotopic (exact) mass is 325 g/mol. The first kappa shape index (κ1) is 18.9. The van der Waals surface area contributed by atoms with Crippen molar-refractivity contribution in [1.29, 1.82) is 0 Å². The summed E-state index contributed by atoms with van der Waals surface area (Å²) in [7, 11) is -3.68. The van der Waals surface area contributed by atoms with Gasteiger partial charge in [-0.05, 0) is 45.1 Å². The summed E-state index contributed by atoms with van der Waals surface area (Å²) in [5.41, 5.74) is 0.611. The van der Waals surface area contributed by atoms with Crippen molar-refractivity contribution in [2.45, 2.75) is 46.1 Å². The first-order valence-corrected chi connectivity index (χ1v) is 9.04. The van der Waals surface area contributed by atoms with Gasteiger partial charge in [-0.25, -0.2) is 0 Å². The Bertz CT molecular complexity index is 559. The van der Waals surface area contributed by atoms with Crippen molar-refractivity contribution < 1.29 is 12.6 Å². The van der Waals surface area contributed by atoms with Gasteiger partial charge in [0.2, 0.25) is 0 Å². The van der Waals surface area contributed by atoms with E-state index in [1.165, 1.54) is 0 Å². The van der Waals surface area contributed by atoms with E-state index in [0.717, 1.165) is 12.0 Å². The van der Waals surface area contributed by atoms with E-state index in [0.29, 0.717) is 12.3 Å². The lowest BCUT2D eigenvalue weighted by molar-refractivity contribution is 0.279. The molecule has 1 aromatic carbocycles. The van der Waals surface area contributed by atoms with E-state index < -0.39 is 15.8 Å². The van der Waals surface area contributed by atoms with Crippen molar-refractivity contribution in [2.24, 2.45) is 5.92 Å². The molecular formula is C17H27NO3S. The van der Waals surface area contributed by atoms with Crippen molar-refractivity contribution >= 4 is 16.4 Å². The van der Waals surface area contributed by atoms with Gasteiger partial charge in [0.1, 0.15) is 0 Å². The molecule has 5 heteroatoms.